The minimum atomic E-state index is 0.106. The van der Waals surface area contributed by atoms with Gasteiger partial charge in [0.15, 0.2) is 5.84 Å². The summed E-state index contributed by atoms with van der Waals surface area (Å²) in [6.45, 7) is 2.07. The number of pyridine rings is 1. The van der Waals surface area contributed by atoms with E-state index < -0.39 is 0 Å². The van der Waals surface area contributed by atoms with Crippen molar-refractivity contribution in [2.45, 2.75) is 17.6 Å². The van der Waals surface area contributed by atoms with E-state index >= 15 is 0 Å². The van der Waals surface area contributed by atoms with Crippen LogP contribution in [0.4, 0.5) is 0 Å². The fourth-order valence-electron chi connectivity index (χ4n) is 1.72. The quantitative estimate of drug-likeness (QED) is 0.295. The number of hydrogen-bond donors (Lipinski definition) is 2. The van der Waals surface area contributed by atoms with Crippen molar-refractivity contribution in [3.8, 4) is 0 Å². The van der Waals surface area contributed by atoms with Crippen molar-refractivity contribution in [2.24, 2.45) is 10.9 Å². The lowest BCUT2D eigenvalue weighted by molar-refractivity contribution is 0.318. The van der Waals surface area contributed by atoms with Gasteiger partial charge in [-0.25, -0.2) is 0 Å². The molecule has 5 heteroatoms. The molecule has 0 saturated heterocycles. The van der Waals surface area contributed by atoms with E-state index in [0.717, 1.165) is 10.6 Å². The average Bonchev–Trinajstić information content (AvgIpc) is 2.45. The summed E-state index contributed by atoms with van der Waals surface area (Å²) in [6.07, 6.45) is 3.36. The van der Waals surface area contributed by atoms with Crippen molar-refractivity contribution < 1.29 is 5.21 Å². The third-order valence-electron chi connectivity index (χ3n) is 2.65. The van der Waals surface area contributed by atoms with Crippen molar-refractivity contribution in [2.75, 3.05) is 0 Å². The van der Waals surface area contributed by atoms with E-state index in [0.29, 0.717) is 5.56 Å². The molecule has 0 fully saturated rings. The predicted octanol–water partition coefficient (Wildman–Crippen LogP) is 2.78. The first kappa shape index (κ1) is 13.4. The SMILES string of the molecule is Cc1cccc(CSc2cnccc2/C(N)=N/O)c1. The number of nitrogens with two attached hydrogens (primary N) is 1. The minimum Gasteiger partial charge on any atom is -0.409 e. The number of nitrogens with zero attached hydrogens (tertiary/aromatic N) is 2. The molecule has 2 aromatic rings. The molecule has 3 N–H and O–H groups in total. The number of aromatic nitrogens is 1. The van der Waals surface area contributed by atoms with Gasteiger partial charge in [-0.1, -0.05) is 35.0 Å². The molecule has 0 bridgehead atoms. The number of benzene rings is 1. The predicted molar refractivity (Wildman–Crippen MR) is 77.5 cm³/mol. The number of thioether (sulfide) groups is 1. The first-order chi connectivity index (χ1) is 9.20. The topological polar surface area (TPSA) is 71.5 Å². The molecule has 0 unspecified atom stereocenters. The van der Waals surface area contributed by atoms with Crippen LogP contribution in [0, 0.1) is 6.92 Å². The Morgan fingerprint density at radius 3 is 3.00 bits per heavy atom. The molecule has 0 aliphatic heterocycles. The standard InChI is InChI=1S/C14H15N3OS/c1-10-3-2-4-11(7-10)9-19-13-8-16-6-5-12(13)14(15)17-18/h2-8,18H,9H2,1H3,(H2,15,17). The van der Waals surface area contributed by atoms with Crippen LogP contribution in [0.25, 0.3) is 0 Å². The van der Waals surface area contributed by atoms with Crippen LogP contribution in [0.3, 0.4) is 0 Å². The first-order valence-corrected chi connectivity index (χ1v) is 6.79. The lowest BCUT2D eigenvalue weighted by Gasteiger charge is -2.07. The van der Waals surface area contributed by atoms with E-state index in [1.807, 2.05) is 6.07 Å². The van der Waals surface area contributed by atoms with Gasteiger partial charge in [-0.3, -0.25) is 4.98 Å². The molecule has 1 aromatic carbocycles. The van der Waals surface area contributed by atoms with Crippen molar-refractivity contribution in [1.82, 2.24) is 4.98 Å². The molecule has 19 heavy (non-hydrogen) atoms. The molecule has 2 rings (SSSR count). The zero-order chi connectivity index (χ0) is 13.7. The molecule has 0 aliphatic rings. The highest BCUT2D eigenvalue weighted by atomic mass is 32.2. The van der Waals surface area contributed by atoms with Crippen molar-refractivity contribution in [3.63, 3.8) is 0 Å². The number of aryl methyl sites for hydroxylation is 1. The number of oxime groups is 1. The van der Waals surface area contributed by atoms with Gasteiger partial charge in [0.1, 0.15) is 0 Å². The van der Waals surface area contributed by atoms with E-state index in [2.05, 4.69) is 35.3 Å². The normalized spacial score (nSPS) is 11.5. The van der Waals surface area contributed by atoms with Crippen molar-refractivity contribution in [3.05, 3.63) is 59.4 Å². The molecular weight excluding hydrogens is 258 g/mol. The maximum Gasteiger partial charge on any atom is 0.171 e. The summed E-state index contributed by atoms with van der Waals surface area (Å²) >= 11 is 1.62. The van der Waals surface area contributed by atoms with Crippen LogP contribution in [0.2, 0.25) is 0 Å². The molecule has 1 aromatic heterocycles. The molecule has 0 aliphatic carbocycles. The zero-order valence-electron chi connectivity index (χ0n) is 10.6. The van der Waals surface area contributed by atoms with E-state index in [1.165, 1.54) is 11.1 Å². The van der Waals surface area contributed by atoms with E-state index in [1.54, 1.807) is 30.2 Å². The molecule has 1 heterocycles. The van der Waals surface area contributed by atoms with Gasteiger partial charge in [-0.05, 0) is 18.6 Å². The largest absolute Gasteiger partial charge is 0.409 e. The van der Waals surface area contributed by atoms with Gasteiger partial charge in [0.2, 0.25) is 0 Å². The highest BCUT2D eigenvalue weighted by molar-refractivity contribution is 7.98. The maximum absolute atomic E-state index is 8.77. The summed E-state index contributed by atoms with van der Waals surface area (Å²) in [5.41, 5.74) is 8.82. The highest BCUT2D eigenvalue weighted by Crippen LogP contribution is 2.25. The Morgan fingerprint density at radius 1 is 1.42 bits per heavy atom. The summed E-state index contributed by atoms with van der Waals surface area (Å²) in [5.74, 6) is 0.924. The number of hydrogen-bond acceptors (Lipinski definition) is 4. The van der Waals surface area contributed by atoms with Gasteiger partial charge in [0.25, 0.3) is 0 Å². The third-order valence-corrected chi connectivity index (χ3v) is 3.76. The molecule has 0 saturated carbocycles. The number of amidine groups is 1. The maximum atomic E-state index is 8.77. The second-order valence-corrected chi connectivity index (χ2v) is 5.15. The molecule has 98 valence electrons. The Hall–Kier alpha value is -2.01. The molecular formula is C14H15N3OS. The summed E-state index contributed by atoms with van der Waals surface area (Å²) in [7, 11) is 0. The fourth-order valence-corrected chi connectivity index (χ4v) is 2.69. The summed E-state index contributed by atoms with van der Waals surface area (Å²) in [5, 5.41) is 11.8. The highest BCUT2D eigenvalue weighted by Gasteiger charge is 2.07. The van der Waals surface area contributed by atoms with Crippen LogP contribution in [-0.2, 0) is 5.75 Å². The van der Waals surface area contributed by atoms with Crippen molar-refractivity contribution in [1.29, 1.82) is 0 Å². The lowest BCUT2D eigenvalue weighted by atomic mass is 10.2. The van der Waals surface area contributed by atoms with E-state index in [4.69, 9.17) is 10.9 Å². The van der Waals surface area contributed by atoms with Gasteiger partial charge in [-0.15, -0.1) is 11.8 Å². The summed E-state index contributed by atoms with van der Waals surface area (Å²) in [6, 6.07) is 10.1. The zero-order valence-corrected chi connectivity index (χ0v) is 11.4. The summed E-state index contributed by atoms with van der Waals surface area (Å²) in [4.78, 5) is 4.98. The molecule has 0 atom stereocenters. The van der Waals surface area contributed by atoms with Gasteiger partial charge in [0, 0.05) is 28.6 Å². The first-order valence-electron chi connectivity index (χ1n) is 5.81. The Balaban J connectivity index is 2.16. The monoisotopic (exact) mass is 273 g/mol. The van der Waals surface area contributed by atoms with Crippen LogP contribution < -0.4 is 5.73 Å². The van der Waals surface area contributed by atoms with Crippen molar-refractivity contribution >= 4 is 17.6 Å². The van der Waals surface area contributed by atoms with Crippen LogP contribution in [0.5, 0.6) is 0 Å². The molecule has 0 amide bonds. The van der Waals surface area contributed by atoms with Crippen LogP contribution in [0.1, 0.15) is 16.7 Å². The minimum absolute atomic E-state index is 0.106. The smallest absolute Gasteiger partial charge is 0.171 e. The van der Waals surface area contributed by atoms with Crippen LogP contribution in [-0.4, -0.2) is 16.0 Å². The van der Waals surface area contributed by atoms with E-state index in [9.17, 15) is 0 Å². The third kappa shape index (κ3) is 3.48. The molecule has 4 nitrogen and oxygen atoms in total. The Morgan fingerprint density at radius 2 is 2.26 bits per heavy atom. The van der Waals surface area contributed by atoms with E-state index in [-0.39, 0.29) is 5.84 Å². The molecule has 0 spiro atoms. The second-order valence-electron chi connectivity index (χ2n) is 4.13. The number of rotatable bonds is 4. The van der Waals surface area contributed by atoms with Crippen LogP contribution in [0.15, 0.2) is 52.8 Å². The average molecular weight is 273 g/mol. The van der Waals surface area contributed by atoms with Gasteiger partial charge in [0.05, 0.1) is 0 Å². The van der Waals surface area contributed by atoms with Gasteiger partial charge in [-0.2, -0.15) is 0 Å². The Labute approximate surface area is 116 Å². The van der Waals surface area contributed by atoms with Crippen LogP contribution >= 0.6 is 11.8 Å². The Kier molecular flexibility index (Phi) is 4.41. The lowest BCUT2D eigenvalue weighted by Crippen LogP contribution is -2.14. The second kappa shape index (κ2) is 6.24. The van der Waals surface area contributed by atoms with Gasteiger partial charge >= 0.3 is 0 Å². The Bertz CT molecular complexity index is 599. The fraction of sp³-hybridized carbons (Fsp3) is 0.143. The summed E-state index contributed by atoms with van der Waals surface area (Å²) < 4.78 is 0. The van der Waals surface area contributed by atoms with Gasteiger partial charge < -0.3 is 10.9 Å². The molecule has 0 radical (unpaired) electrons.